The molecule has 1 aliphatic carbocycles. The molecular formula is C14H17ClN6. The smallest absolute Gasteiger partial charge is 0.224 e. The minimum absolute atomic E-state index is 0.0954. The Morgan fingerprint density at radius 2 is 2.05 bits per heavy atom. The first-order valence-corrected chi connectivity index (χ1v) is 7.67. The number of aryl methyl sites for hydroxylation is 1. The molecule has 1 aliphatic heterocycles. The Balaban J connectivity index is 2.07. The average Bonchev–Trinajstić information content (AvgIpc) is 2.82. The number of halogens is 1. The third-order valence-corrected chi connectivity index (χ3v) is 4.77. The van der Waals surface area contributed by atoms with E-state index in [-0.39, 0.29) is 5.54 Å². The predicted octanol–water partition coefficient (Wildman–Crippen LogP) is 2.63. The summed E-state index contributed by atoms with van der Waals surface area (Å²) >= 11 is 6.12. The number of anilines is 1. The van der Waals surface area contributed by atoms with E-state index in [0.29, 0.717) is 11.3 Å². The molecule has 110 valence electrons. The summed E-state index contributed by atoms with van der Waals surface area (Å²) < 4.78 is 2.04. The molecule has 0 saturated heterocycles. The fourth-order valence-corrected chi connectivity index (χ4v) is 3.92. The van der Waals surface area contributed by atoms with Gasteiger partial charge in [-0.2, -0.15) is 4.98 Å². The van der Waals surface area contributed by atoms with E-state index in [0.717, 1.165) is 35.9 Å². The molecule has 0 unspecified atom stereocenters. The molecule has 0 bridgehead atoms. The maximum Gasteiger partial charge on any atom is 0.224 e. The van der Waals surface area contributed by atoms with E-state index in [9.17, 15) is 0 Å². The Morgan fingerprint density at radius 3 is 2.67 bits per heavy atom. The van der Waals surface area contributed by atoms with Gasteiger partial charge in [0.05, 0.1) is 5.69 Å². The van der Waals surface area contributed by atoms with E-state index in [1.165, 1.54) is 6.42 Å². The van der Waals surface area contributed by atoms with Gasteiger partial charge in [-0.1, -0.05) is 0 Å². The van der Waals surface area contributed by atoms with E-state index >= 15 is 0 Å². The van der Waals surface area contributed by atoms with Crippen molar-refractivity contribution in [1.82, 2.24) is 24.7 Å². The first-order chi connectivity index (χ1) is 10.0. The third kappa shape index (κ3) is 1.54. The monoisotopic (exact) mass is 304 g/mol. The van der Waals surface area contributed by atoms with Crippen molar-refractivity contribution in [2.75, 3.05) is 4.90 Å². The standard InChI is InChI=1S/C14H17ClN6/c1-8(2)21-11-10(9(3)17-13(15)18-11)20-7-16-19-12(20)14(21)5-4-6-14/h7-8H,4-6H2,1-3H3. The first kappa shape index (κ1) is 13.0. The second-order valence-corrected chi connectivity index (χ2v) is 6.46. The van der Waals surface area contributed by atoms with Crippen LogP contribution in [0.2, 0.25) is 5.28 Å². The van der Waals surface area contributed by atoms with Crippen molar-refractivity contribution in [3.8, 4) is 5.69 Å². The zero-order chi connectivity index (χ0) is 14.8. The van der Waals surface area contributed by atoms with Crippen molar-refractivity contribution in [3.63, 3.8) is 0 Å². The van der Waals surface area contributed by atoms with Crippen LogP contribution in [0.4, 0.5) is 5.82 Å². The quantitative estimate of drug-likeness (QED) is 0.758. The number of fused-ring (bicyclic) bond motifs is 4. The van der Waals surface area contributed by atoms with Crippen LogP contribution in [-0.4, -0.2) is 30.8 Å². The average molecular weight is 305 g/mol. The van der Waals surface area contributed by atoms with E-state index in [2.05, 4.69) is 38.9 Å². The molecule has 2 aromatic rings. The van der Waals surface area contributed by atoms with E-state index in [1.807, 2.05) is 11.5 Å². The maximum absolute atomic E-state index is 6.12. The molecule has 4 rings (SSSR count). The number of aromatic nitrogens is 5. The van der Waals surface area contributed by atoms with Crippen LogP contribution in [-0.2, 0) is 5.54 Å². The molecule has 6 nitrogen and oxygen atoms in total. The lowest BCUT2D eigenvalue weighted by Crippen LogP contribution is -2.58. The second-order valence-electron chi connectivity index (χ2n) is 6.12. The molecular weight excluding hydrogens is 288 g/mol. The summed E-state index contributed by atoms with van der Waals surface area (Å²) in [4.78, 5) is 11.2. The minimum Gasteiger partial charge on any atom is -0.339 e. The lowest BCUT2D eigenvalue weighted by molar-refractivity contribution is 0.194. The lowest BCUT2D eigenvalue weighted by Gasteiger charge is -2.54. The largest absolute Gasteiger partial charge is 0.339 e. The molecule has 3 heterocycles. The fraction of sp³-hybridized carbons (Fsp3) is 0.571. The Morgan fingerprint density at radius 1 is 1.29 bits per heavy atom. The van der Waals surface area contributed by atoms with Gasteiger partial charge in [-0.15, -0.1) is 10.2 Å². The van der Waals surface area contributed by atoms with Crippen LogP contribution in [0.1, 0.15) is 44.6 Å². The summed E-state index contributed by atoms with van der Waals surface area (Å²) in [6.45, 7) is 6.32. The molecule has 1 saturated carbocycles. The van der Waals surface area contributed by atoms with Crippen LogP contribution in [0.3, 0.4) is 0 Å². The van der Waals surface area contributed by atoms with Crippen LogP contribution in [0.5, 0.6) is 0 Å². The number of rotatable bonds is 1. The normalized spacial score (nSPS) is 18.6. The van der Waals surface area contributed by atoms with Gasteiger partial charge in [0.2, 0.25) is 5.28 Å². The van der Waals surface area contributed by atoms with Crippen molar-refractivity contribution in [2.24, 2.45) is 0 Å². The number of hydrogen-bond donors (Lipinski definition) is 0. The molecule has 0 amide bonds. The van der Waals surface area contributed by atoms with Gasteiger partial charge in [0.15, 0.2) is 11.6 Å². The summed E-state index contributed by atoms with van der Waals surface area (Å²) in [5.41, 5.74) is 1.71. The highest BCUT2D eigenvalue weighted by Crippen LogP contribution is 2.52. The molecule has 0 atom stereocenters. The number of hydrogen-bond acceptors (Lipinski definition) is 5. The van der Waals surface area contributed by atoms with Crippen LogP contribution < -0.4 is 4.90 Å². The maximum atomic E-state index is 6.12. The molecule has 0 aromatic carbocycles. The molecule has 21 heavy (non-hydrogen) atoms. The van der Waals surface area contributed by atoms with Gasteiger partial charge in [0.25, 0.3) is 0 Å². The van der Waals surface area contributed by atoms with Gasteiger partial charge < -0.3 is 4.90 Å². The van der Waals surface area contributed by atoms with E-state index in [4.69, 9.17) is 11.6 Å². The molecule has 2 aromatic heterocycles. The molecule has 2 aliphatic rings. The molecule has 0 N–H and O–H groups in total. The van der Waals surface area contributed by atoms with Gasteiger partial charge in [-0.05, 0) is 51.6 Å². The Hall–Kier alpha value is -1.69. The van der Waals surface area contributed by atoms with Crippen molar-refractivity contribution in [1.29, 1.82) is 0 Å². The van der Waals surface area contributed by atoms with Gasteiger partial charge in [0, 0.05) is 6.04 Å². The summed E-state index contributed by atoms with van der Waals surface area (Å²) in [5.74, 6) is 1.90. The molecule has 1 spiro atoms. The first-order valence-electron chi connectivity index (χ1n) is 7.29. The Bertz CT molecular complexity index is 718. The van der Waals surface area contributed by atoms with E-state index in [1.54, 1.807) is 6.33 Å². The van der Waals surface area contributed by atoms with Gasteiger partial charge in [-0.25, -0.2) is 4.98 Å². The van der Waals surface area contributed by atoms with Crippen molar-refractivity contribution >= 4 is 17.4 Å². The molecule has 0 radical (unpaired) electrons. The zero-order valence-corrected chi connectivity index (χ0v) is 13.1. The summed E-state index contributed by atoms with van der Waals surface area (Å²) in [6.07, 6.45) is 5.10. The SMILES string of the molecule is Cc1nc(Cl)nc2c1-n1cnnc1C1(CCC1)N2C(C)C. The third-order valence-electron chi connectivity index (χ3n) is 4.60. The predicted molar refractivity (Wildman–Crippen MR) is 79.8 cm³/mol. The van der Waals surface area contributed by atoms with Crippen LogP contribution >= 0.6 is 11.6 Å². The van der Waals surface area contributed by atoms with Crippen molar-refractivity contribution < 1.29 is 0 Å². The second kappa shape index (κ2) is 4.16. The summed E-state index contributed by atoms with van der Waals surface area (Å²) in [7, 11) is 0. The summed E-state index contributed by atoms with van der Waals surface area (Å²) in [5, 5.41) is 8.84. The van der Waals surface area contributed by atoms with Gasteiger partial charge in [-0.3, -0.25) is 4.57 Å². The fourth-order valence-electron chi connectivity index (χ4n) is 3.71. The van der Waals surface area contributed by atoms with Crippen molar-refractivity contribution in [3.05, 3.63) is 23.1 Å². The summed E-state index contributed by atoms with van der Waals surface area (Å²) in [6, 6.07) is 0.305. The topological polar surface area (TPSA) is 59.7 Å². The Kier molecular flexibility index (Phi) is 2.58. The highest BCUT2D eigenvalue weighted by molar-refractivity contribution is 6.28. The van der Waals surface area contributed by atoms with Gasteiger partial charge >= 0.3 is 0 Å². The Labute approximate surface area is 128 Å². The number of nitrogens with zero attached hydrogens (tertiary/aromatic N) is 6. The highest BCUT2D eigenvalue weighted by atomic mass is 35.5. The van der Waals surface area contributed by atoms with Crippen LogP contribution in [0.25, 0.3) is 5.69 Å². The van der Waals surface area contributed by atoms with Gasteiger partial charge in [0.1, 0.15) is 17.6 Å². The van der Waals surface area contributed by atoms with E-state index < -0.39 is 0 Å². The molecule has 7 heteroatoms. The lowest BCUT2D eigenvalue weighted by atomic mass is 9.72. The zero-order valence-electron chi connectivity index (χ0n) is 12.3. The highest BCUT2D eigenvalue weighted by Gasteiger charge is 2.53. The van der Waals surface area contributed by atoms with Crippen LogP contribution in [0, 0.1) is 6.92 Å². The van der Waals surface area contributed by atoms with Crippen molar-refractivity contribution in [2.45, 2.75) is 51.6 Å². The van der Waals surface area contributed by atoms with Crippen LogP contribution in [0.15, 0.2) is 6.33 Å². The minimum atomic E-state index is -0.0954. The molecule has 1 fully saturated rings.